The summed E-state index contributed by atoms with van der Waals surface area (Å²) in [6, 6.07) is 2.81. The number of carbonyl (C=O) groups is 1. The smallest absolute Gasteiger partial charge is 0.303 e. The SMILES string of the molecule is O=C(O)CCCc1cc(Cl)c(Br)cc1F. The quantitative estimate of drug-likeness (QED) is 0.861. The van der Waals surface area contributed by atoms with E-state index in [1.807, 2.05) is 0 Å². The highest BCUT2D eigenvalue weighted by Crippen LogP contribution is 2.26. The second-order valence-electron chi connectivity index (χ2n) is 3.11. The van der Waals surface area contributed by atoms with Crippen molar-refractivity contribution in [2.75, 3.05) is 0 Å². The molecule has 2 nitrogen and oxygen atoms in total. The number of carboxylic acid groups (broad SMARTS) is 1. The van der Waals surface area contributed by atoms with Crippen LogP contribution in [0.5, 0.6) is 0 Å². The summed E-state index contributed by atoms with van der Waals surface area (Å²) in [7, 11) is 0. The summed E-state index contributed by atoms with van der Waals surface area (Å²) in [5.74, 6) is -1.24. The molecule has 0 saturated heterocycles. The molecule has 0 spiro atoms. The number of benzene rings is 1. The van der Waals surface area contributed by atoms with Gasteiger partial charge in [0.25, 0.3) is 0 Å². The molecule has 1 aromatic carbocycles. The van der Waals surface area contributed by atoms with Crippen molar-refractivity contribution in [3.63, 3.8) is 0 Å². The van der Waals surface area contributed by atoms with E-state index in [4.69, 9.17) is 16.7 Å². The second kappa shape index (κ2) is 5.47. The van der Waals surface area contributed by atoms with Gasteiger partial charge >= 0.3 is 5.97 Å². The van der Waals surface area contributed by atoms with Gasteiger partial charge in [0, 0.05) is 10.9 Å². The van der Waals surface area contributed by atoms with Crippen molar-refractivity contribution < 1.29 is 14.3 Å². The lowest BCUT2D eigenvalue weighted by Gasteiger charge is -2.04. The summed E-state index contributed by atoms with van der Waals surface area (Å²) in [4.78, 5) is 10.3. The van der Waals surface area contributed by atoms with Crippen LogP contribution >= 0.6 is 27.5 Å². The van der Waals surface area contributed by atoms with Crippen LogP contribution in [-0.2, 0) is 11.2 Å². The average molecular weight is 296 g/mol. The zero-order valence-electron chi connectivity index (χ0n) is 7.77. The van der Waals surface area contributed by atoms with Gasteiger partial charge in [-0.1, -0.05) is 11.6 Å². The van der Waals surface area contributed by atoms with Crippen molar-refractivity contribution in [3.05, 3.63) is 33.0 Å². The molecule has 5 heteroatoms. The van der Waals surface area contributed by atoms with Crippen LogP contribution in [0.3, 0.4) is 0 Å². The normalized spacial score (nSPS) is 10.3. The Balaban J connectivity index is 2.69. The van der Waals surface area contributed by atoms with Crippen LogP contribution in [0.2, 0.25) is 5.02 Å². The minimum Gasteiger partial charge on any atom is -0.481 e. The third-order valence-corrected chi connectivity index (χ3v) is 3.12. The standard InChI is InChI=1S/C10H9BrClFO2/c11-7-5-9(13)6(4-8(7)12)2-1-3-10(14)15/h4-5H,1-3H2,(H,14,15). The van der Waals surface area contributed by atoms with E-state index in [-0.39, 0.29) is 12.2 Å². The van der Waals surface area contributed by atoms with Crippen LogP contribution in [0, 0.1) is 5.82 Å². The van der Waals surface area contributed by atoms with Gasteiger partial charge < -0.3 is 5.11 Å². The lowest BCUT2D eigenvalue weighted by Crippen LogP contribution is -1.97. The van der Waals surface area contributed by atoms with E-state index in [1.165, 1.54) is 12.1 Å². The van der Waals surface area contributed by atoms with Gasteiger partial charge in [-0.15, -0.1) is 0 Å². The van der Waals surface area contributed by atoms with Crippen LogP contribution in [0.15, 0.2) is 16.6 Å². The topological polar surface area (TPSA) is 37.3 Å². The summed E-state index contributed by atoms with van der Waals surface area (Å²) >= 11 is 8.90. The molecule has 0 aliphatic carbocycles. The highest BCUT2D eigenvalue weighted by Gasteiger charge is 2.07. The largest absolute Gasteiger partial charge is 0.481 e. The first-order valence-electron chi connectivity index (χ1n) is 4.36. The van der Waals surface area contributed by atoms with Crippen LogP contribution in [0.1, 0.15) is 18.4 Å². The predicted octanol–water partition coefficient (Wildman–Crippen LogP) is 3.65. The second-order valence-corrected chi connectivity index (χ2v) is 4.37. The minimum absolute atomic E-state index is 0.0348. The van der Waals surface area contributed by atoms with E-state index >= 15 is 0 Å². The van der Waals surface area contributed by atoms with Crippen molar-refractivity contribution in [2.45, 2.75) is 19.3 Å². The Hall–Kier alpha value is -0.610. The van der Waals surface area contributed by atoms with Gasteiger partial charge in [-0.25, -0.2) is 4.39 Å². The van der Waals surface area contributed by atoms with Crippen molar-refractivity contribution in [1.29, 1.82) is 0 Å². The molecule has 1 aromatic rings. The van der Waals surface area contributed by atoms with E-state index in [1.54, 1.807) is 0 Å². The van der Waals surface area contributed by atoms with Crippen LogP contribution < -0.4 is 0 Å². The molecule has 0 saturated carbocycles. The number of hydrogen-bond donors (Lipinski definition) is 1. The lowest BCUT2D eigenvalue weighted by molar-refractivity contribution is -0.137. The maximum absolute atomic E-state index is 13.3. The Morgan fingerprint density at radius 3 is 2.80 bits per heavy atom. The predicted molar refractivity (Wildman–Crippen MR) is 59.7 cm³/mol. The van der Waals surface area contributed by atoms with Crippen LogP contribution in [-0.4, -0.2) is 11.1 Å². The lowest BCUT2D eigenvalue weighted by atomic mass is 10.1. The molecule has 0 bridgehead atoms. The number of hydrogen-bond acceptors (Lipinski definition) is 1. The fraction of sp³-hybridized carbons (Fsp3) is 0.300. The number of aryl methyl sites for hydroxylation is 1. The van der Waals surface area contributed by atoms with Gasteiger partial charge in [0.15, 0.2) is 0 Å². The van der Waals surface area contributed by atoms with Gasteiger partial charge in [-0.3, -0.25) is 4.79 Å². The molecule has 1 rings (SSSR count). The molecule has 0 aliphatic heterocycles. The summed E-state index contributed by atoms with van der Waals surface area (Å²) in [5.41, 5.74) is 0.449. The summed E-state index contributed by atoms with van der Waals surface area (Å²) in [6.45, 7) is 0. The number of aliphatic carboxylic acids is 1. The number of halogens is 3. The first kappa shape index (κ1) is 12.5. The molecular formula is C10H9BrClFO2. The third-order valence-electron chi connectivity index (χ3n) is 1.93. The number of carboxylic acids is 1. The zero-order chi connectivity index (χ0) is 11.4. The molecule has 15 heavy (non-hydrogen) atoms. The first-order chi connectivity index (χ1) is 7.00. The van der Waals surface area contributed by atoms with Crippen molar-refractivity contribution in [1.82, 2.24) is 0 Å². The van der Waals surface area contributed by atoms with E-state index in [0.29, 0.717) is 27.9 Å². The Labute approximate surface area is 100 Å². The van der Waals surface area contributed by atoms with E-state index in [0.717, 1.165) is 0 Å². The Morgan fingerprint density at radius 1 is 1.53 bits per heavy atom. The molecule has 0 aliphatic rings. The van der Waals surface area contributed by atoms with Crippen LogP contribution in [0.25, 0.3) is 0 Å². The fourth-order valence-corrected chi connectivity index (χ4v) is 1.69. The molecule has 1 N–H and O–H groups in total. The Bertz CT molecular complexity index is 382. The molecular weight excluding hydrogens is 286 g/mol. The molecule has 0 unspecified atom stereocenters. The van der Waals surface area contributed by atoms with E-state index in [9.17, 15) is 9.18 Å². The van der Waals surface area contributed by atoms with Crippen LogP contribution in [0.4, 0.5) is 4.39 Å². The van der Waals surface area contributed by atoms with Gasteiger partial charge in [-0.05, 0) is 46.5 Å². The molecule has 0 radical (unpaired) electrons. The van der Waals surface area contributed by atoms with E-state index in [2.05, 4.69) is 15.9 Å². The maximum atomic E-state index is 13.3. The monoisotopic (exact) mass is 294 g/mol. The van der Waals surface area contributed by atoms with Gasteiger partial charge in [0.1, 0.15) is 5.82 Å². The van der Waals surface area contributed by atoms with Crippen molar-refractivity contribution in [3.8, 4) is 0 Å². The van der Waals surface area contributed by atoms with E-state index < -0.39 is 5.97 Å². The molecule has 0 fully saturated rings. The minimum atomic E-state index is -0.876. The Kier molecular flexibility index (Phi) is 4.54. The zero-order valence-corrected chi connectivity index (χ0v) is 10.1. The van der Waals surface area contributed by atoms with Gasteiger partial charge in [0.2, 0.25) is 0 Å². The molecule has 0 aromatic heterocycles. The molecule has 0 heterocycles. The van der Waals surface area contributed by atoms with Gasteiger partial charge in [-0.2, -0.15) is 0 Å². The highest BCUT2D eigenvalue weighted by atomic mass is 79.9. The fourth-order valence-electron chi connectivity index (χ4n) is 1.19. The maximum Gasteiger partial charge on any atom is 0.303 e. The Morgan fingerprint density at radius 2 is 2.20 bits per heavy atom. The van der Waals surface area contributed by atoms with Crippen molar-refractivity contribution in [2.24, 2.45) is 0 Å². The summed E-state index contributed by atoms with van der Waals surface area (Å²) < 4.78 is 13.8. The summed E-state index contributed by atoms with van der Waals surface area (Å²) in [5, 5.41) is 8.86. The summed E-state index contributed by atoms with van der Waals surface area (Å²) in [6.07, 6.45) is 0.822. The molecule has 0 amide bonds. The first-order valence-corrected chi connectivity index (χ1v) is 5.53. The number of rotatable bonds is 4. The van der Waals surface area contributed by atoms with Crippen molar-refractivity contribution >= 4 is 33.5 Å². The molecule has 0 atom stereocenters. The molecule has 82 valence electrons. The average Bonchev–Trinajstić information content (AvgIpc) is 2.13. The van der Waals surface area contributed by atoms with Gasteiger partial charge in [0.05, 0.1) is 5.02 Å². The third kappa shape index (κ3) is 3.80. The highest BCUT2D eigenvalue weighted by molar-refractivity contribution is 9.10.